The maximum absolute atomic E-state index is 13.7. The van der Waals surface area contributed by atoms with Gasteiger partial charge in [0.25, 0.3) is 0 Å². The molecule has 0 bridgehead atoms. The van der Waals surface area contributed by atoms with E-state index in [1.54, 1.807) is 6.07 Å². The largest absolute Gasteiger partial charge is 0.416 e. The zero-order chi connectivity index (χ0) is 18.5. The maximum atomic E-state index is 13.7. The normalized spacial score (nSPS) is 19.7. The van der Waals surface area contributed by atoms with Crippen molar-refractivity contribution in [1.29, 1.82) is 0 Å². The van der Waals surface area contributed by atoms with Crippen LogP contribution >= 0.6 is 11.8 Å². The summed E-state index contributed by atoms with van der Waals surface area (Å²) in [6.45, 7) is 0. The highest BCUT2D eigenvalue weighted by molar-refractivity contribution is 7.99. The Bertz CT molecular complexity index is 926. The number of rotatable bonds is 1. The molecule has 8 heteroatoms. The van der Waals surface area contributed by atoms with Crippen molar-refractivity contribution >= 4 is 29.1 Å². The molecule has 2 aliphatic rings. The van der Waals surface area contributed by atoms with Crippen LogP contribution in [0, 0.1) is 11.7 Å². The summed E-state index contributed by atoms with van der Waals surface area (Å²) in [5, 5.41) is 5.31. The molecule has 1 unspecified atom stereocenters. The monoisotopic (exact) mass is 380 g/mol. The second-order valence-corrected chi connectivity index (χ2v) is 7.15. The van der Waals surface area contributed by atoms with Crippen LogP contribution < -0.4 is 5.01 Å². The quantitative estimate of drug-likeness (QED) is 0.672. The summed E-state index contributed by atoms with van der Waals surface area (Å²) in [6, 6.07) is 8.84. The lowest BCUT2D eigenvalue weighted by atomic mass is 9.92. The zero-order valence-electron chi connectivity index (χ0n) is 13.3. The first-order chi connectivity index (χ1) is 12.3. The molecule has 0 spiro atoms. The molecule has 2 heterocycles. The molecular weight excluding hydrogens is 368 g/mol. The minimum absolute atomic E-state index is 0.0481. The highest BCUT2D eigenvalue weighted by Gasteiger charge is 2.36. The summed E-state index contributed by atoms with van der Waals surface area (Å²) in [6.07, 6.45) is -4.39. The summed E-state index contributed by atoms with van der Waals surface area (Å²) in [5.74, 6) is -0.350. The number of thioether (sulfide) groups is 1. The van der Waals surface area contributed by atoms with Crippen molar-refractivity contribution in [1.82, 2.24) is 0 Å². The Labute approximate surface area is 150 Å². The van der Waals surface area contributed by atoms with Gasteiger partial charge in [-0.2, -0.15) is 18.3 Å². The third-order valence-electron chi connectivity index (χ3n) is 4.33. The molecule has 0 aromatic heterocycles. The van der Waals surface area contributed by atoms with Crippen LogP contribution in [-0.2, 0) is 11.0 Å². The van der Waals surface area contributed by atoms with Crippen molar-refractivity contribution in [3.05, 3.63) is 59.4 Å². The van der Waals surface area contributed by atoms with E-state index < -0.39 is 17.6 Å². The fourth-order valence-electron chi connectivity index (χ4n) is 3.09. The third-order valence-corrected chi connectivity index (χ3v) is 5.56. The standard InChI is InChI=1S/C18H12F4N2OS/c19-12-4-5-15-14(8-12)17-10(9-26-15)6-16(25)24(23-17)13-3-1-2-11(7-13)18(20,21)22/h1-5,7-8,10H,6,9H2. The van der Waals surface area contributed by atoms with Crippen LogP contribution in [0.25, 0.3) is 0 Å². The highest BCUT2D eigenvalue weighted by Crippen LogP contribution is 2.39. The average Bonchev–Trinajstić information content (AvgIpc) is 2.60. The van der Waals surface area contributed by atoms with Crippen LogP contribution in [0.5, 0.6) is 0 Å². The van der Waals surface area contributed by atoms with E-state index >= 15 is 0 Å². The number of hydrazone groups is 1. The first-order valence-corrected chi connectivity index (χ1v) is 8.83. The van der Waals surface area contributed by atoms with E-state index in [-0.39, 0.29) is 23.9 Å². The van der Waals surface area contributed by atoms with Crippen LogP contribution in [0.4, 0.5) is 23.2 Å². The second-order valence-electron chi connectivity index (χ2n) is 6.09. The molecule has 0 saturated carbocycles. The summed E-state index contributed by atoms with van der Waals surface area (Å²) >= 11 is 1.52. The van der Waals surface area contributed by atoms with Gasteiger partial charge in [-0.05, 0) is 36.4 Å². The molecular formula is C18H12F4N2OS. The third kappa shape index (κ3) is 2.98. The van der Waals surface area contributed by atoms with Crippen LogP contribution in [0.15, 0.2) is 52.5 Å². The fourth-order valence-corrected chi connectivity index (χ4v) is 4.22. The van der Waals surface area contributed by atoms with Crippen LogP contribution in [-0.4, -0.2) is 17.4 Å². The summed E-state index contributed by atoms with van der Waals surface area (Å²) in [4.78, 5) is 13.3. The summed E-state index contributed by atoms with van der Waals surface area (Å²) < 4.78 is 52.5. The van der Waals surface area contributed by atoms with E-state index in [0.717, 1.165) is 22.0 Å². The van der Waals surface area contributed by atoms with Crippen molar-refractivity contribution in [3.63, 3.8) is 0 Å². The lowest BCUT2D eigenvalue weighted by molar-refractivity contribution is -0.137. The number of amides is 1. The van der Waals surface area contributed by atoms with Crippen LogP contribution in [0.1, 0.15) is 17.5 Å². The van der Waals surface area contributed by atoms with E-state index in [4.69, 9.17) is 0 Å². The number of anilines is 1. The van der Waals surface area contributed by atoms with Crippen molar-refractivity contribution in [2.45, 2.75) is 17.5 Å². The van der Waals surface area contributed by atoms with Gasteiger partial charge in [0.2, 0.25) is 5.91 Å². The van der Waals surface area contributed by atoms with Gasteiger partial charge in [-0.25, -0.2) is 9.40 Å². The van der Waals surface area contributed by atoms with Crippen molar-refractivity contribution in [3.8, 4) is 0 Å². The van der Waals surface area contributed by atoms with Gasteiger partial charge in [-0.15, -0.1) is 11.8 Å². The zero-order valence-corrected chi connectivity index (χ0v) is 14.1. The number of hydrogen-bond donors (Lipinski definition) is 0. The van der Waals surface area contributed by atoms with Crippen LogP contribution in [0.3, 0.4) is 0 Å². The maximum Gasteiger partial charge on any atom is 0.416 e. The van der Waals surface area contributed by atoms with Crippen molar-refractivity contribution in [2.24, 2.45) is 11.0 Å². The first-order valence-electron chi connectivity index (χ1n) is 7.84. The van der Waals surface area contributed by atoms with E-state index in [2.05, 4.69) is 5.10 Å². The molecule has 26 heavy (non-hydrogen) atoms. The van der Waals surface area contributed by atoms with Gasteiger partial charge in [0, 0.05) is 28.6 Å². The number of alkyl halides is 3. The van der Waals surface area contributed by atoms with E-state index in [1.165, 1.54) is 36.0 Å². The molecule has 2 aliphatic heterocycles. The van der Waals surface area contributed by atoms with Gasteiger partial charge in [-0.3, -0.25) is 4.79 Å². The molecule has 3 nitrogen and oxygen atoms in total. The topological polar surface area (TPSA) is 32.7 Å². The number of nitrogens with zero attached hydrogens (tertiary/aromatic N) is 2. The molecule has 1 amide bonds. The highest BCUT2D eigenvalue weighted by atomic mass is 32.2. The van der Waals surface area contributed by atoms with Crippen molar-refractivity contribution < 1.29 is 22.4 Å². The van der Waals surface area contributed by atoms with Crippen molar-refractivity contribution in [2.75, 3.05) is 10.8 Å². The minimum atomic E-state index is -4.51. The molecule has 4 rings (SSSR count). The first kappa shape index (κ1) is 17.1. The number of hydrogen-bond acceptors (Lipinski definition) is 3. The van der Waals surface area contributed by atoms with Gasteiger partial charge in [0.15, 0.2) is 0 Å². The lowest BCUT2D eigenvalue weighted by Gasteiger charge is -2.33. The van der Waals surface area contributed by atoms with Gasteiger partial charge in [0.1, 0.15) is 5.82 Å². The number of halogens is 4. The Morgan fingerprint density at radius 2 is 1.96 bits per heavy atom. The molecule has 1 atom stereocenters. The summed E-state index contributed by atoms with van der Waals surface area (Å²) in [5.41, 5.74) is 0.328. The molecule has 0 N–H and O–H groups in total. The van der Waals surface area contributed by atoms with E-state index in [0.29, 0.717) is 17.0 Å². The number of carbonyl (C=O) groups is 1. The fraction of sp³-hybridized carbons (Fsp3) is 0.222. The predicted octanol–water partition coefficient (Wildman–Crippen LogP) is 4.71. The van der Waals surface area contributed by atoms with Gasteiger partial charge < -0.3 is 0 Å². The Kier molecular flexibility index (Phi) is 4.02. The van der Waals surface area contributed by atoms with Gasteiger partial charge in [0.05, 0.1) is 17.0 Å². The SMILES string of the molecule is O=C1CC2CSc3ccc(F)cc3C2=NN1c1cccc(C(F)(F)F)c1. The Morgan fingerprint density at radius 3 is 2.73 bits per heavy atom. The molecule has 0 saturated heterocycles. The van der Waals surface area contributed by atoms with Gasteiger partial charge in [-0.1, -0.05) is 6.07 Å². The minimum Gasteiger partial charge on any atom is -0.273 e. The second kappa shape index (κ2) is 6.12. The lowest BCUT2D eigenvalue weighted by Crippen LogP contribution is -2.39. The molecule has 2 aromatic rings. The molecule has 0 fully saturated rings. The van der Waals surface area contributed by atoms with E-state index in [1.807, 2.05) is 0 Å². The molecule has 2 aromatic carbocycles. The Hall–Kier alpha value is -2.35. The average molecular weight is 380 g/mol. The molecule has 134 valence electrons. The molecule has 0 aliphatic carbocycles. The summed E-state index contributed by atoms with van der Waals surface area (Å²) in [7, 11) is 0. The number of fused-ring (bicyclic) bond motifs is 3. The Balaban J connectivity index is 1.80. The predicted molar refractivity (Wildman–Crippen MR) is 90.7 cm³/mol. The van der Waals surface area contributed by atoms with Gasteiger partial charge >= 0.3 is 6.18 Å². The number of carbonyl (C=O) groups excluding carboxylic acids is 1. The molecule has 0 radical (unpaired) electrons. The van der Waals surface area contributed by atoms with Crippen LogP contribution in [0.2, 0.25) is 0 Å². The number of benzene rings is 2. The smallest absolute Gasteiger partial charge is 0.273 e. The Morgan fingerprint density at radius 1 is 1.15 bits per heavy atom. The van der Waals surface area contributed by atoms with E-state index in [9.17, 15) is 22.4 Å².